The fourth-order valence-electron chi connectivity index (χ4n) is 3.42. The van der Waals surface area contributed by atoms with E-state index in [1.165, 1.54) is 5.56 Å². The van der Waals surface area contributed by atoms with Gasteiger partial charge in [-0.3, -0.25) is 15.2 Å². The van der Waals surface area contributed by atoms with Gasteiger partial charge < -0.3 is 5.32 Å². The van der Waals surface area contributed by atoms with E-state index >= 15 is 0 Å². The van der Waals surface area contributed by atoms with Crippen molar-refractivity contribution < 1.29 is 9.59 Å². The number of carbonyl (C=O) groups is 2. The van der Waals surface area contributed by atoms with Gasteiger partial charge in [0.25, 0.3) is 0 Å². The number of pyridine rings is 1. The van der Waals surface area contributed by atoms with Crippen molar-refractivity contribution in [1.29, 1.82) is 0 Å². The molecule has 1 fully saturated rings. The smallest absolute Gasteiger partial charge is 0.333 e. The minimum Gasteiger partial charge on any atom is -0.334 e. The zero-order chi connectivity index (χ0) is 18.2. The molecule has 0 spiro atoms. The van der Waals surface area contributed by atoms with Gasteiger partial charge in [0, 0.05) is 18.4 Å². The number of nitrogens with one attached hydrogen (secondary N) is 3. The molecule has 2 atom stereocenters. The van der Waals surface area contributed by atoms with Crippen molar-refractivity contribution >= 4 is 11.9 Å². The standard InChI is InChI=1S/C20H24N4O2/c25-19(14-16-8-10-21-11-9-16)23-24-20(26)22-18-7-6-17(13-18)12-15-4-2-1-3-5-15/h1-5,8-11,17-18H,6-7,12-14H2,(H,23,25)(H2,22,24,26). The quantitative estimate of drug-likeness (QED) is 0.723. The second-order valence-electron chi connectivity index (χ2n) is 6.74. The summed E-state index contributed by atoms with van der Waals surface area (Å²) in [4.78, 5) is 27.7. The molecule has 1 saturated carbocycles. The molecule has 3 rings (SSSR count). The summed E-state index contributed by atoms with van der Waals surface area (Å²) >= 11 is 0. The fourth-order valence-corrected chi connectivity index (χ4v) is 3.42. The fraction of sp³-hybridized carbons (Fsp3) is 0.350. The van der Waals surface area contributed by atoms with Crippen molar-refractivity contribution in [2.45, 2.75) is 38.1 Å². The van der Waals surface area contributed by atoms with Crippen LogP contribution in [0.2, 0.25) is 0 Å². The lowest BCUT2D eigenvalue weighted by atomic mass is 9.98. The average Bonchev–Trinajstić information content (AvgIpc) is 3.08. The molecule has 2 aromatic rings. The number of hydrazine groups is 1. The van der Waals surface area contributed by atoms with E-state index in [-0.39, 0.29) is 24.4 Å². The third-order valence-corrected chi connectivity index (χ3v) is 4.67. The summed E-state index contributed by atoms with van der Waals surface area (Å²) in [6, 6.07) is 13.8. The molecule has 1 aromatic heterocycles. The first-order chi connectivity index (χ1) is 12.7. The molecule has 2 unspecified atom stereocenters. The summed E-state index contributed by atoms with van der Waals surface area (Å²) in [7, 11) is 0. The molecular formula is C20H24N4O2. The van der Waals surface area contributed by atoms with Crippen molar-refractivity contribution in [2.24, 2.45) is 5.92 Å². The van der Waals surface area contributed by atoms with Crippen molar-refractivity contribution in [3.63, 3.8) is 0 Å². The number of nitrogens with zero attached hydrogens (tertiary/aromatic N) is 1. The van der Waals surface area contributed by atoms with Crippen LogP contribution >= 0.6 is 0 Å². The first-order valence-electron chi connectivity index (χ1n) is 8.97. The number of rotatable bonds is 5. The Kier molecular flexibility index (Phi) is 6.19. The predicted octanol–water partition coefficient (Wildman–Crippen LogP) is 2.37. The summed E-state index contributed by atoms with van der Waals surface area (Å²) in [5.74, 6) is 0.323. The SMILES string of the molecule is O=C(Cc1ccncc1)NNC(=O)NC1CCC(Cc2ccccc2)C1. The maximum Gasteiger partial charge on any atom is 0.333 e. The number of hydrogen-bond acceptors (Lipinski definition) is 3. The molecule has 1 aliphatic rings. The molecule has 3 N–H and O–H groups in total. The number of aromatic nitrogens is 1. The third-order valence-electron chi connectivity index (χ3n) is 4.67. The largest absolute Gasteiger partial charge is 0.334 e. The minimum atomic E-state index is -0.363. The Bertz CT molecular complexity index is 721. The maximum atomic E-state index is 12.0. The van der Waals surface area contributed by atoms with Crippen LogP contribution in [0.15, 0.2) is 54.9 Å². The minimum absolute atomic E-state index is 0.154. The summed E-state index contributed by atoms with van der Waals surface area (Å²) in [6.45, 7) is 0. The van der Waals surface area contributed by atoms with Crippen molar-refractivity contribution in [2.75, 3.05) is 0 Å². The molecule has 3 amide bonds. The average molecular weight is 352 g/mol. The van der Waals surface area contributed by atoms with Crippen LogP contribution in [0.4, 0.5) is 4.79 Å². The zero-order valence-corrected chi connectivity index (χ0v) is 14.7. The zero-order valence-electron chi connectivity index (χ0n) is 14.7. The summed E-state index contributed by atoms with van der Waals surface area (Å²) in [5.41, 5.74) is 7.05. The molecule has 1 aliphatic carbocycles. The normalized spacial score (nSPS) is 18.9. The lowest BCUT2D eigenvalue weighted by molar-refractivity contribution is -0.121. The Hall–Kier alpha value is -2.89. The third kappa shape index (κ3) is 5.58. The second kappa shape index (κ2) is 8.99. The number of carbonyl (C=O) groups excluding carboxylic acids is 2. The Morgan fingerprint density at radius 1 is 0.962 bits per heavy atom. The van der Waals surface area contributed by atoms with Crippen LogP contribution in [-0.4, -0.2) is 23.0 Å². The Morgan fingerprint density at radius 3 is 2.50 bits per heavy atom. The van der Waals surface area contributed by atoms with Gasteiger partial charge in [0.15, 0.2) is 0 Å². The molecule has 0 saturated heterocycles. The Balaban J connectivity index is 1.35. The predicted molar refractivity (Wildman–Crippen MR) is 99.0 cm³/mol. The van der Waals surface area contributed by atoms with E-state index in [9.17, 15) is 9.59 Å². The number of amides is 3. The molecule has 1 heterocycles. The molecule has 6 heteroatoms. The molecular weight excluding hydrogens is 328 g/mol. The van der Waals surface area contributed by atoms with Crippen LogP contribution in [-0.2, 0) is 17.6 Å². The summed E-state index contributed by atoms with van der Waals surface area (Å²) in [5, 5.41) is 2.94. The molecule has 26 heavy (non-hydrogen) atoms. The molecule has 6 nitrogen and oxygen atoms in total. The summed E-state index contributed by atoms with van der Waals surface area (Å²) < 4.78 is 0. The monoisotopic (exact) mass is 352 g/mol. The van der Waals surface area contributed by atoms with Crippen molar-refractivity contribution in [3.8, 4) is 0 Å². The van der Waals surface area contributed by atoms with Gasteiger partial charge in [-0.05, 0) is 54.9 Å². The van der Waals surface area contributed by atoms with Crippen LogP contribution < -0.4 is 16.2 Å². The van der Waals surface area contributed by atoms with E-state index in [0.717, 1.165) is 31.2 Å². The molecule has 136 valence electrons. The van der Waals surface area contributed by atoms with E-state index < -0.39 is 0 Å². The highest BCUT2D eigenvalue weighted by Crippen LogP contribution is 2.28. The van der Waals surface area contributed by atoms with E-state index in [1.807, 2.05) is 6.07 Å². The van der Waals surface area contributed by atoms with Gasteiger partial charge in [0.1, 0.15) is 0 Å². The van der Waals surface area contributed by atoms with Gasteiger partial charge in [-0.2, -0.15) is 0 Å². The highest BCUT2D eigenvalue weighted by atomic mass is 16.2. The van der Waals surface area contributed by atoms with Crippen molar-refractivity contribution in [1.82, 2.24) is 21.2 Å². The number of hydrogen-bond donors (Lipinski definition) is 3. The Morgan fingerprint density at radius 2 is 1.73 bits per heavy atom. The Labute approximate surface area is 153 Å². The van der Waals surface area contributed by atoms with Gasteiger partial charge in [0.05, 0.1) is 6.42 Å². The highest BCUT2D eigenvalue weighted by Gasteiger charge is 2.26. The molecule has 1 aromatic carbocycles. The van der Waals surface area contributed by atoms with E-state index in [0.29, 0.717) is 5.92 Å². The van der Waals surface area contributed by atoms with Gasteiger partial charge in [-0.1, -0.05) is 30.3 Å². The van der Waals surface area contributed by atoms with E-state index in [1.54, 1.807) is 24.5 Å². The molecule has 0 aliphatic heterocycles. The topological polar surface area (TPSA) is 83.1 Å². The van der Waals surface area contributed by atoms with Crippen LogP contribution in [0.1, 0.15) is 30.4 Å². The summed E-state index contributed by atoms with van der Waals surface area (Å²) in [6.07, 6.45) is 7.55. The van der Waals surface area contributed by atoms with Gasteiger partial charge in [0.2, 0.25) is 5.91 Å². The number of benzene rings is 1. The number of urea groups is 1. The van der Waals surface area contributed by atoms with Gasteiger partial charge in [-0.25, -0.2) is 10.2 Å². The first-order valence-corrected chi connectivity index (χ1v) is 8.97. The van der Waals surface area contributed by atoms with Crippen LogP contribution in [0, 0.1) is 5.92 Å². The first kappa shape index (κ1) is 17.9. The van der Waals surface area contributed by atoms with Crippen LogP contribution in [0.25, 0.3) is 0 Å². The lowest BCUT2D eigenvalue weighted by Crippen LogP contribution is -2.49. The molecule has 0 bridgehead atoms. The maximum absolute atomic E-state index is 12.0. The van der Waals surface area contributed by atoms with Crippen molar-refractivity contribution in [3.05, 3.63) is 66.0 Å². The lowest BCUT2D eigenvalue weighted by Gasteiger charge is -2.15. The van der Waals surface area contributed by atoms with Gasteiger partial charge >= 0.3 is 6.03 Å². The van der Waals surface area contributed by atoms with Gasteiger partial charge in [-0.15, -0.1) is 0 Å². The van der Waals surface area contributed by atoms with Crippen LogP contribution in [0.3, 0.4) is 0 Å². The second-order valence-corrected chi connectivity index (χ2v) is 6.74. The van der Waals surface area contributed by atoms with E-state index in [4.69, 9.17) is 0 Å². The molecule has 0 radical (unpaired) electrons. The highest BCUT2D eigenvalue weighted by molar-refractivity contribution is 5.82. The van der Waals surface area contributed by atoms with Crippen LogP contribution in [0.5, 0.6) is 0 Å². The van der Waals surface area contributed by atoms with E-state index in [2.05, 4.69) is 45.4 Å².